The van der Waals surface area contributed by atoms with Crippen molar-refractivity contribution in [3.05, 3.63) is 34.9 Å². The molecule has 0 radical (unpaired) electrons. The second-order valence-corrected chi connectivity index (χ2v) is 9.74. The fourth-order valence-electron chi connectivity index (χ4n) is 3.45. The van der Waals surface area contributed by atoms with E-state index in [0.717, 1.165) is 16.0 Å². The Morgan fingerprint density at radius 3 is 2.31 bits per heavy atom. The first-order chi connectivity index (χ1) is 16.7. The molecule has 0 spiro atoms. The number of alkyl carbamates (subject to hydrolysis) is 1. The minimum Gasteiger partial charge on any atom is -0.466 e. The van der Waals surface area contributed by atoms with Crippen molar-refractivity contribution in [2.75, 3.05) is 13.2 Å². The van der Waals surface area contributed by atoms with Crippen LogP contribution in [-0.4, -0.2) is 53.6 Å². The third-order valence-electron chi connectivity index (χ3n) is 5.36. The van der Waals surface area contributed by atoms with Gasteiger partial charge in [0.05, 0.1) is 13.0 Å². The summed E-state index contributed by atoms with van der Waals surface area (Å²) in [5, 5.41) is 5.28. The number of terminal acetylenes is 1. The molecular weight excluding hydrogens is 462 g/mol. The predicted octanol–water partition coefficient (Wildman–Crippen LogP) is 3.38. The van der Waals surface area contributed by atoms with Gasteiger partial charge in [-0.1, -0.05) is 38.5 Å². The predicted molar refractivity (Wildman–Crippen MR) is 137 cm³/mol. The summed E-state index contributed by atoms with van der Waals surface area (Å²) in [6.07, 6.45) is 4.98. The maximum Gasteiger partial charge on any atom is 0.408 e. The van der Waals surface area contributed by atoms with Crippen LogP contribution < -0.4 is 10.6 Å². The first-order valence-electron chi connectivity index (χ1n) is 12.0. The maximum absolute atomic E-state index is 13.7. The Morgan fingerprint density at radius 2 is 1.78 bits per heavy atom. The molecule has 0 fully saturated rings. The highest BCUT2D eigenvalue weighted by molar-refractivity contribution is 5.93. The van der Waals surface area contributed by atoms with Gasteiger partial charge in [-0.25, -0.2) is 4.79 Å². The Hall–Kier alpha value is -3.54. The number of nitrogens with one attached hydrogen (secondary N) is 2. The quantitative estimate of drug-likeness (QED) is 0.289. The van der Waals surface area contributed by atoms with Crippen LogP contribution >= 0.6 is 0 Å². The molecule has 1 rings (SSSR count). The van der Waals surface area contributed by atoms with Crippen molar-refractivity contribution in [1.82, 2.24) is 15.5 Å². The van der Waals surface area contributed by atoms with Crippen molar-refractivity contribution < 1.29 is 28.7 Å². The molecule has 0 aromatic heterocycles. The standard InChI is InChI=1S/C27H39N3O6/c1-10-30(25(33)22(17(3)4)29-26(34)36-27(7,8)9)23(20-14-12-13-18(5)19(20)6)24(32)28-16-15-21(31)35-11-2/h1,12-14,17,22-23H,11,15-16H2,2-9H3,(H,28,32)(H,29,34). The molecule has 2 unspecified atom stereocenters. The number of benzene rings is 1. The Kier molecular flexibility index (Phi) is 11.5. The number of aryl methyl sites for hydroxylation is 1. The van der Waals surface area contributed by atoms with E-state index in [9.17, 15) is 19.2 Å². The van der Waals surface area contributed by atoms with Gasteiger partial charge >= 0.3 is 12.1 Å². The Bertz CT molecular complexity index is 990. The fourth-order valence-corrected chi connectivity index (χ4v) is 3.45. The summed E-state index contributed by atoms with van der Waals surface area (Å²) in [7, 11) is 0. The lowest BCUT2D eigenvalue weighted by Crippen LogP contribution is -2.53. The molecule has 1 aromatic carbocycles. The number of carbonyl (C=O) groups excluding carboxylic acids is 4. The number of hydrogen-bond donors (Lipinski definition) is 2. The molecular formula is C27H39N3O6. The van der Waals surface area contributed by atoms with Gasteiger partial charge in [0.1, 0.15) is 17.7 Å². The zero-order valence-corrected chi connectivity index (χ0v) is 22.6. The molecule has 0 saturated carbocycles. The number of hydrogen-bond acceptors (Lipinski definition) is 6. The van der Waals surface area contributed by atoms with E-state index >= 15 is 0 Å². The van der Waals surface area contributed by atoms with Crippen molar-refractivity contribution in [1.29, 1.82) is 0 Å². The molecule has 0 aliphatic heterocycles. The monoisotopic (exact) mass is 501 g/mol. The summed E-state index contributed by atoms with van der Waals surface area (Å²) in [5.74, 6) is -2.00. The molecule has 3 amide bonds. The minimum absolute atomic E-state index is 0.00933. The van der Waals surface area contributed by atoms with Gasteiger partial charge in [-0.15, -0.1) is 0 Å². The van der Waals surface area contributed by atoms with Crippen molar-refractivity contribution in [2.24, 2.45) is 5.92 Å². The minimum atomic E-state index is -1.19. The maximum atomic E-state index is 13.7. The zero-order valence-electron chi connectivity index (χ0n) is 22.6. The smallest absolute Gasteiger partial charge is 0.408 e. The molecule has 0 aliphatic rings. The summed E-state index contributed by atoms with van der Waals surface area (Å²) < 4.78 is 10.2. The number of nitrogens with zero attached hydrogens (tertiary/aromatic N) is 1. The number of amides is 3. The van der Waals surface area contributed by atoms with E-state index < -0.39 is 41.6 Å². The summed E-state index contributed by atoms with van der Waals surface area (Å²) in [6, 6.07) is 5.49. The zero-order chi connectivity index (χ0) is 27.6. The fraction of sp³-hybridized carbons (Fsp3) is 0.556. The third-order valence-corrected chi connectivity index (χ3v) is 5.36. The molecule has 2 atom stereocenters. The van der Waals surface area contributed by atoms with Crippen LogP contribution in [0.5, 0.6) is 0 Å². The average molecular weight is 502 g/mol. The molecule has 9 heteroatoms. The van der Waals surface area contributed by atoms with Gasteiger partial charge in [0, 0.05) is 12.6 Å². The molecule has 0 bridgehead atoms. The third kappa shape index (κ3) is 8.91. The molecule has 0 aliphatic carbocycles. The second kappa shape index (κ2) is 13.5. The van der Waals surface area contributed by atoms with Crippen LogP contribution in [-0.2, 0) is 23.9 Å². The first-order valence-corrected chi connectivity index (χ1v) is 12.0. The molecule has 2 N–H and O–H groups in total. The van der Waals surface area contributed by atoms with Crippen LogP contribution in [0.25, 0.3) is 0 Å². The number of rotatable bonds is 10. The van der Waals surface area contributed by atoms with Crippen LogP contribution in [0.2, 0.25) is 0 Å². The Labute approximate surface area is 214 Å². The number of carbonyl (C=O) groups is 4. The Balaban J connectivity index is 3.35. The van der Waals surface area contributed by atoms with Crippen molar-refractivity contribution >= 4 is 23.9 Å². The van der Waals surface area contributed by atoms with E-state index in [1.165, 1.54) is 0 Å². The van der Waals surface area contributed by atoms with Crippen molar-refractivity contribution in [3.63, 3.8) is 0 Å². The summed E-state index contributed by atoms with van der Waals surface area (Å²) >= 11 is 0. The van der Waals surface area contributed by atoms with Gasteiger partial charge in [0.15, 0.2) is 0 Å². The number of ether oxygens (including phenoxy) is 2. The van der Waals surface area contributed by atoms with Gasteiger partial charge in [0.25, 0.3) is 5.91 Å². The molecule has 36 heavy (non-hydrogen) atoms. The van der Waals surface area contributed by atoms with E-state index in [4.69, 9.17) is 15.9 Å². The van der Waals surface area contributed by atoms with E-state index in [1.807, 2.05) is 19.9 Å². The van der Waals surface area contributed by atoms with E-state index in [0.29, 0.717) is 5.56 Å². The van der Waals surface area contributed by atoms with Gasteiger partial charge < -0.3 is 20.1 Å². The highest BCUT2D eigenvalue weighted by Crippen LogP contribution is 2.27. The molecule has 1 aromatic rings. The Morgan fingerprint density at radius 1 is 1.14 bits per heavy atom. The van der Waals surface area contributed by atoms with Crippen LogP contribution in [0.3, 0.4) is 0 Å². The van der Waals surface area contributed by atoms with Gasteiger partial charge in [-0.05, 0) is 64.2 Å². The molecule has 9 nitrogen and oxygen atoms in total. The topological polar surface area (TPSA) is 114 Å². The highest BCUT2D eigenvalue weighted by Gasteiger charge is 2.37. The molecule has 198 valence electrons. The largest absolute Gasteiger partial charge is 0.466 e. The van der Waals surface area contributed by atoms with Crippen LogP contribution in [0, 0.1) is 32.2 Å². The van der Waals surface area contributed by atoms with E-state index in [1.54, 1.807) is 53.7 Å². The van der Waals surface area contributed by atoms with Crippen molar-refractivity contribution in [2.45, 2.75) is 79.5 Å². The number of esters is 1. The first kappa shape index (κ1) is 30.5. The average Bonchev–Trinajstić information content (AvgIpc) is 2.76. The van der Waals surface area contributed by atoms with Crippen LogP contribution in [0.1, 0.15) is 70.7 Å². The molecule has 0 heterocycles. The van der Waals surface area contributed by atoms with Crippen molar-refractivity contribution in [3.8, 4) is 12.5 Å². The van der Waals surface area contributed by atoms with Crippen LogP contribution in [0.15, 0.2) is 18.2 Å². The highest BCUT2D eigenvalue weighted by atomic mass is 16.6. The lowest BCUT2D eigenvalue weighted by molar-refractivity contribution is -0.143. The van der Waals surface area contributed by atoms with E-state index in [-0.39, 0.29) is 25.5 Å². The normalized spacial score (nSPS) is 12.7. The SMILES string of the molecule is C#CN(C(=O)C(NC(=O)OC(C)(C)C)C(C)C)C(C(=O)NCCC(=O)OCC)c1cccc(C)c1C. The lowest BCUT2D eigenvalue weighted by Gasteiger charge is -2.32. The van der Waals surface area contributed by atoms with Crippen LogP contribution in [0.4, 0.5) is 4.79 Å². The summed E-state index contributed by atoms with van der Waals surface area (Å²) in [5.41, 5.74) is 1.47. The van der Waals surface area contributed by atoms with Gasteiger partial charge in [-0.3, -0.25) is 19.3 Å². The van der Waals surface area contributed by atoms with E-state index in [2.05, 4.69) is 16.7 Å². The van der Waals surface area contributed by atoms with Gasteiger partial charge in [0.2, 0.25) is 5.91 Å². The lowest BCUT2D eigenvalue weighted by atomic mass is 9.94. The summed E-state index contributed by atoms with van der Waals surface area (Å²) in [6.45, 7) is 14.3. The summed E-state index contributed by atoms with van der Waals surface area (Å²) in [4.78, 5) is 52.2. The molecule has 0 saturated heterocycles. The van der Waals surface area contributed by atoms with Gasteiger partial charge in [-0.2, -0.15) is 0 Å². The second-order valence-electron chi connectivity index (χ2n) is 9.74.